The molecule has 2 aliphatic rings. The number of rotatable bonds is 7. The van der Waals surface area contributed by atoms with Gasteiger partial charge in [0.15, 0.2) is 0 Å². The second kappa shape index (κ2) is 11.5. The van der Waals surface area contributed by atoms with E-state index in [4.69, 9.17) is 0 Å². The second-order valence-electron chi connectivity index (χ2n) is 10.7. The molecule has 2 aliphatic heterocycles. The largest absolute Gasteiger partial charge is 0.354 e. The molecule has 0 saturated carbocycles. The molecule has 2 aromatic carbocycles. The molecule has 1 fully saturated rings. The highest BCUT2D eigenvalue weighted by atomic mass is 16.2. The summed E-state index contributed by atoms with van der Waals surface area (Å²) in [6.07, 6.45) is 3.16. The van der Waals surface area contributed by atoms with E-state index in [-0.39, 0.29) is 17.9 Å². The van der Waals surface area contributed by atoms with Crippen LogP contribution < -0.4 is 5.32 Å². The number of benzene rings is 2. The van der Waals surface area contributed by atoms with E-state index in [2.05, 4.69) is 51.5 Å². The first-order valence-corrected chi connectivity index (χ1v) is 13.7. The quantitative estimate of drug-likeness (QED) is 0.525. The fourth-order valence-electron chi connectivity index (χ4n) is 5.94. The molecule has 7 nitrogen and oxygen atoms in total. The minimum Gasteiger partial charge on any atom is -0.354 e. The van der Waals surface area contributed by atoms with Crippen molar-refractivity contribution in [2.45, 2.75) is 31.8 Å². The maximum absolute atomic E-state index is 13.8. The summed E-state index contributed by atoms with van der Waals surface area (Å²) in [5.41, 5.74) is 4.87. The Labute approximate surface area is 226 Å². The lowest BCUT2D eigenvalue weighted by molar-refractivity contribution is -0.124. The number of likely N-dealkylation sites (N-methyl/N-ethyl adjacent to an activating group) is 1. The number of nitrogens with zero attached hydrogens (tertiary/aromatic N) is 4. The Morgan fingerprint density at radius 1 is 0.947 bits per heavy atom. The van der Waals surface area contributed by atoms with Crippen molar-refractivity contribution in [3.05, 3.63) is 94.8 Å². The number of hydrogen-bond donors (Lipinski definition) is 1. The molecular formula is C31H39N5O2. The van der Waals surface area contributed by atoms with Gasteiger partial charge < -0.3 is 19.7 Å². The van der Waals surface area contributed by atoms with E-state index in [1.807, 2.05) is 56.0 Å². The summed E-state index contributed by atoms with van der Waals surface area (Å²) in [5, 5.41) is 3.23. The molecule has 1 saturated heterocycles. The van der Waals surface area contributed by atoms with Crippen molar-refractivity contribution in [2.75, 3.05) is 46.3 Å². The number of nitrogens with one attached hydrogen (secondary N) is 1. The van der Waals surface area contributed by atoms with Gasteiger partial charge in [-0.3, -0.25) is 14.5 Å². The lowest BCUT2D eigenvalue weighted by atomic mass is 9.80. The molecule has 0 aliphatic carbocycles. The summed E-state index contributed by atoms with van der Waals surface area (Å²) in [6.45, 7) is 8.60. The highest BCUT2D eigenvalue weighted by Gasteiger charge is 2.42. The van der Waals surface area contributed by atoms with Crippen LogP contribution in [-0.4, -0.2) is 77.4 Å². The highest BCUT2D eigenvalue weighted by molar-refractivity contribution is 6.01. The number of carbonyl (C=O) groups is 2. The third kappa shape index (κ3) is 5.54. The van der Waals surface area contributed by atoms with Gasteiger partial charge in [0.2, 0.25) is 5.91 Å². The van der Waals surface area contributed by atoms with E-state index in [0.29, 0.717) is 12.1 Å². The van der Waals surface area contributed by atoms with E-state index >= 15 is 0 Å². The zero-order chi connectivity index (χ0) is 26.6. The van der Waals surface area contributed by atoms with Gasteiger partial charge >= 0.3 is 0 Å². The number of aryl methyl sites for hydroxylation is 2. The van der Waals surface area contributed by atoms with Crippen molar-refractivity contribution in [1.82, 2.24) is 24.6 Å². The van der Waals surface area contributed by atoms with Gasteiger partial charge in [0, 0.05) is 64.3 Å². The second-order valence-corrected chi connectivity index (χ2v) is 10.7. The predicted molar refractivity (Wildman–Crippen MR) is 150 cm³/mol. The van der Waals surface area contributed by atoms with Crippen LogP contribution in [0.4, 0.5) is 0 Å². The van der Waals surface area contributed by atoms with Gasteiger partial charge in [0.1, 0.15) is 0 Å². The first-order valence-electron chi connectivity index (χ1n) is 13.7. The number of aromatic nitrogens is 1. The summed E-state index contributed by atoms with van der Waals surface area (Å²) in [6, 6.07) is 19.9. The average Bonchev–Trinajstić information content (AvgIpc) is 3.10. The maximum Gasteiger partial charge on any atom is 0.254 e. The molecule has 2 unspecified atom stereocenters. The summed E-state index contributed by atoms with van der Waals surface area (Å²) >= 11 is 0. The molecular weight excluding hydrogens is 474 g/mol. The fourth-order valence-corrected chi connectivity index (χ4v) is 5.94. The minimum absolute atomic E-state index is 0.0242. The molecule has 1 aromatic heterocycles. The van der Waals surface area contributed by atoms with Crippen molar-refractivity contribution in [3.63, 3.8) is 0 Å². The van der Waals surface area contributed by atoms with Gasteiger partial charge in [0.25, 0.3) is 5.91 Å². The summed E-state index contributed by atoms with van der Waals surface area (Å²) in [4.78, 5) is 33.7. The van der Waals surface area contributed by atoms with Crippen LogP contribution in [0.3, 0.4) is 0 Å². The van der Waals surface area contributed by atoms with Gasteiger partial charge in [-0.25, -0.2) is 0 Å². The van der Waals surface area contributed by atoms with Crippen LogP contribution in [0.25, 0.3) is 0 Å². The Balaban J connectivity index is 1.24. The van der Waals surface area contributed by atoms with Crippen LogP contribution in [0, 0.1) is 6.92 Å². The van der Waals surface area contributed by atoms with Crippen LogP contribution >= 0.6 is 0 Å². The molecule has 3 heterocycles. The molecule has 2 amide bonds. The van der Waals surface area contributed by atoms with Crippen molar-refractivity contribution < 1.29 is 9.59 Å². The topological polar surface area (TPSA) is 60.8 Å². The smallest absolute Gasteiger partial charge is 0.254 e. The summed E-state index contributed by atoms with van der Waals surface area (Å²) < 4.78 is 2.05. The molecule has 1 N–H and O–H groups in total. The van der Waals surface area contributed by atoms with Crippen LogP contribution in [0.5, 0.6) is 0 Å². The van der Waals surface area contributed by atoms with E-state index in [1.54, 1.807) is 4.90 Å². The lowest BCUT2D eigenvalue weighted by Gasteiger charge is -2.39. The van der Waals surface area contributed by atoms with Gasteiger partial charge in [-0.05, 0) is 55.3 Å². The average molecular weight is 514 g/mol. The van der Waals surface area contributed by atoms with Gasteiger partial charge in [-0.1, -0.05) is 48.5 Å². The summed E-state index contributed by atoms with van der Waals surface area (Å²) in [7, 11) is 3.80. The number of carbonyl (C=O) groups excluding carboxylic acids is 2. The third-order valence-electron chi connectivity index (χ3n) is 8.14. The molecule has 0 radical (unpaired) electrons. The SMILES string of the molecule is Cc1cc(C2C(C(=O)NCCN3CCCN(Cc4ccccc4)CC3)c3ccccc3C(=O)N2C)cn1C. The Morgan fingerprint density at radius 2 is 1.66 bits per heavy atom. The van der Waals surface area contributed by atoms with Crippen molar-refractivity contribution in [1.29, 1.82) is 0 Å². The number of amides is 2. The van der Waals surface area contributed by atoms with Crippen LogP contribution in [-0.2, 0) is 18.4 Å². The third-order valence-corrected chi connectivity index (χ3v) is 8.14. The van der Waals surface area contributed by atoms with E-state index in [9.17, 15) is 9.59 Å². The lowest BCUT2D eigenvalue weighted by Crippen LogP contribution is -2.46. The molecule has 200 valence electrons. The molecule has 0 spiro atoms. The Morgan fingerprint density at radius 3 is 2.42 bits per heavy atom. The van der Waals surface area contributed by atoms with Crippen molar-refractivity contribution in [3.8, 4) is 0 Å². The standard InChI is InChI=1S/C31H39N5O2/c1-23-20-25(22-33(23)2)29-28(26-12-7-8-13-27(26)31(38)34(29)3)30(37)32-14-17-35-15-9-16-36(19-18-35)21-24-10-5-4-6-11-24/h4-8,10-13,20,22,28-29H,9,14-19,21H2,1-3H3,(H,32,37). The van der Waals surface area contributed by atoms with Crippen LogP contribution in [0.1, 0.15) is 51.1 Å². The molecule has 38 heavy (non-hydrogen) atoms. The molecule has 0 bridgehead atoms. The maximum atomic E-state index is 13.8. The highest BCUT2D eigenvalue weighted by Crippen LogP contribution is 2.42. The monoisotopic (exact) mass is 513 g/mol. The molecule has 7 heteroatoms. The zero-order valence-electron chi connectivity index (χ0n) is 22.8. The van der Waals surface area contributed by atoms with Crippen molar-refractivity contribution in [2.24, 2.45) is 7.05 Å². The molecule has 3 aromatic rings. The van der Waals surface area contributed by atoms with Crippen LogP contribution in [0.2, 0.25) is 0 Å². The zero-order valence-corrected chi connectivity index (χ0v) is 22.8. The fraction of sp³-hybridized carbons (Fsp3) is 0.419. The normalized spacial score (nSPS) is 20.7. The molecule has 5 rings (SSSR count). The van der Waals surface area contributed by atoms with Gasteiger partial charge in [0.05, 0.1) is 12.0 Å². The molecule has 2 atom stereocenters. The first-order chi connectivity index (χ1) is 18.4. The Bertz CT molecular complexity index is 1250. The van der Waals surface area contributed by atoms with Crippen molar-refractivity contribution >= 4 is 11.8 Å². The van der Waals surface area contributed by atoms with E-state index < -0.39 is 5.92 Å². The van der Waals surface area contributed by atoms with Gasteiger partial charge in [-0.2, -0.15) is 0 Å². The first kappa shape index (κ1) is 26.2. The van der Waals surface area contributed by atoms with Gasteiger partial charge in [-0.15, -0.1) is 0 Å². The Hall–Kier alpha value is -3.42. The van der Waals surface area contributed by atoms with E-state index in [0.717, 1.165) is 62.5 Å². The Kier molecular flexibility index (Phi) is 7.95. The van der Waals surface area contributed by atoms with Crippen LogP contribution in [0.15, 0.2) is 66.9 Å². The number of hydrogen-bond acceptors (Lipinski definition) is 4. The summed E-state index contributed by atoms with van der Waals surface area (Å²) in [5.74, 6) is -0.522. The predicted octanol–water partition coefficient (Wildman–Crippen LogP) is 3.57. The number of fused-ring (bicyclic) bond motifs is 1. The minimum atomic E-state index is -0.457. The van der Waals surface area contributed by atoms with E-state index in [1.165, 1.54) is 5.56 Å².